The van der Waals surface area contributed by atoms with Gasteiger partial charge in [-0.2, -0.15) is 0 Å². The fourth-order valence-electron chi connectivity index (χ4n) is 2.45. The summed E-state index contributed by atoms with van der Waals surface area (Å²) in [5.41, 5.74) is 1.38. The Hall–Kier alpha value is -1.79. The number of aliphatic imine (C=N–C) groups is 1. The van der Waals surface area contributed by atoms with Gasteiger partial charge in [0.1, 0.15) is 11.4 Å². The summed E-state index contributed by atoms with van der Waals surface area (Å²) in [4.78, 5) is 19.4. The molecule has 2 aromatic carbocycles. The number of benzene rings is 2. The van der Waals surface area contributed by atoms with Crippen molar-refractivity contribution in [3.05, 3.63) is 58.6 Å². The van der Waals surface area contributed by atoms with Crippen LogP contribution in [0.2, 0.25) is 0 Å². The Kier molecular flexibility index (Phi) is 5.58. The molecule has 3 rings (SSSR count). The fraction of sp³-hybridized carbons (Fsp3) is 0.222. The number of methoxy groups -OCH3 is 1. The third kappa shape index (κ3) is 3.65. The van der Waals surface area contributed by atoms with E-state index in [4.69, 9.17) is 9.73 Å². The Balaban J connectivity index is 1.95. The van der Waals surface area contributed by atoms with Gasteiger partial charge in [0.25, 0.3) is 5.91 Å². The Labute approximate surface area is 154 Å². The standard InChI is InChI=1S/C18H17BrN2O2S/c1-23-16-10-5-4-9-15(16)20-18-21(11-6-12-24-18)17(22)13-7-2-3-8-14(13)19/h2-5,7-10H,6,11-12H2,1H3. The van der Waals surface area contributed by atoms with E-state index >= 15 is 0 Å². The van der Waals surface area contributed by atoms with Crippen LogP contribution >= 0.6 is 27.7 Å². The first-order valence-corrected chi connectivity index (χ1v) is 9.39. The molecule has 0 bridgehead atoms. The van der Waals surface area contributed by atoms with E-state index in [1.54, 1.807) is 23.8 Å². The minimum atomic E-state index is -0.0386. The Morgan fingerprint density at radius 1 is 1.21 bits per heavy atom. The van der Waals surface area contributed by atoms with Gasteiger partial charge in [-0.15, -0.1) is 0 Å². The maximum atomic E-state index is 12.9. The van der Waals surface area contributed by atoms with Gasteiger partial charge in [-0.3, -0.25) is 9.69 Å². The number of rotatable bonds is 3. The van der Waals surface area contributed by atoms with Gasteiger partial charge in [-0.05, 0) is 46.6 Å². The van der Waals surface area contributed by atoms with Crippen LogP contribution in [0.1, 0.15) is 16.8 Å². The van der Waals surface area contributed by atoms with Gasteiger partial charge in [0.15, 0.2) is 5.17 Å². The van der Waals surface area contributed by atoms with Crippen molar-refractivity contribution in [1.29, 1.82) is 0 Å². The third-order valence-corrected chi connectivity index (χ3v) is 5.39. The Bertz CT molecular complexity index is 779. The molecular formula is C18H17BrN2O2S. The van der Waals surface area contributed by atoms with Crippen LogP contribution in [0.15, 0.2) is 58.0 Å². The molecule has 4 nitrogen and oxygen atoms in total. The van der Waals surface area contributed by atoms with Crippen molar-refractivity contribution in [1.82, 2.24) is 4.90 Å². The second-order valence-electron chi connectivity index (χ2n) is 5.20. The molecule has 6 heteroatoms. The van der Waals surface area contributed by atoms with Crippen LogP contribution < -0.4 is 4.74 Å². The van der Waals surface area contributed by atoms with Crippen LogP contribution in [-0.4, -0.2) is 35.4 Å². The van der Waals surface area contributed by atoms with Crippen LogP contribution in [0.5, 0.6) is 5.75 Å². The highest BCUT2D eigenvalue weighted by molar-refractivity contribution is 9.10. The van der Waals surface area contributed by atoms with Gasteiger partial charge in [-0.1, -0.05) is 36.0 Å². The van der Waals surface area contributed by atoms with Gasteiger partial charge < -0.3 is 4.74 Å². The number of ether oxygens (including phenoxy) is 1. The van der Waals surface area contributed by atoms with Crippen molar-refractivity contribution in [3.63, 3.8) is 0 Å². The van der Waals surface area contributed by atoms with E-state index in [9.17, 15) is 4.79 Å². The van der Waals surface area contributed by atoms with Gasteiger partial charge in [0.05, 0.1) is 12.7 Å². The van der Waals surface area contributed by atoms with Crippen LogP contribution in [0.3, 0.4) is 0 Å². The molecule has 0 N–H and O–H groups in total. The second-order valence-corrected chi connectivity index (χ2v) is 7.12. The molecule has 0 radical (unpaired) electrons. The number of hydrogen-bond acceptors (Lipinski definition) is 4. The van der Waals surface area contributed by atoms with Gasteiger partial charge >= 0.3 is 0 Å². The second kappa shape index (κ2) is 7.85. The van der Waals surface area contributed by atoms with E-state index in [0.29, 0.717) is 23.0 Å². The molecule has 1 fully saturated rings. The van der Waals surface area contributed by atoms with E-state index in [2.05, 4.69) is 15.9 Å². The summed E-state index contributed by atoms with van der Waals surface area (Å²) in [6.45, 7) is 0.668. The zero-order valence-corrected chi connectivity index (χ0v) is 15.6. The number of hydrogen-bond donors (Lipinski definition) is 0. The number of amides is 1. The lowest BCUT2D eigenvalue weighted by Gasteiger charge is -2.28. The zero-order chi connectivity index (χ0) is 16.9. The minimum Gasteiger partial charge on any atom is -0.494 e. The lowest BCUT2D eigenvalue weighted by Crippen LogP contribution is -2.39. The number of nitrogens with zero attached hydrogens (tertiary/aromatic N) is 2. The normalized spacial score (nSPS) is 16.2. The quantitative estimate of drug-likeness (QED) is 0.742. The summed E-state index contributed by atoms with van der Waals surface area (Å²) >= 11 is 5.06. The van der Waals surface area contributed by atoms with Crippen LogP contribution in [0, 0.1) is 0 Å². The number of halogens is 1. The smallest absolute Gasteiger partial charge is 0.260 e. The molecule has 0 spiro atoms. The van der Waals surface area contributed by atoms with E-state index in [0.717, 1.165) is 22.3 Å². The molecule has 1 aliphatic heterocycles. The maximum Gasteiger partial charge on any atom is 0.260 e. The van der Waals surface area contributed by atoms with E-state index in [-0.39, 0.29) is 5.91 Å². The highest BCUT2D eigenvalue weighted by Crippen LogP contribution is 2.31. The van der Waals surface area contributed by atoms with Crippen molar-refractivity contribution in [2.45, 2.75) is 6.42 Å². The van der Waals surface area contributed by atoms with Gasteiger partial charge in [-0.25, -0.2) is 4.99 Å². The van der Waals surface area contributed by atoms with Gasteiger partial charge in [0.2, 0.25) is 0 Å². The molecule has 1 aliphatic rings. The molecule has 1 amide bonds. The average Bonchev–Trinajstić information content (AvgIpc) is 2.62. The summed E-state index contributed by atoms with van der Waals surface area (Å²) < 4.78 is 6.15. The molecule has 0 atom stereocenters. The van der Waals surface area contributed by atoms with Crippen LogP contribution in [0.25, 0.3) is 0 Å². The number of carbonyl (C=O) groups excluding carboxylic acids is 1. The van der Waals surface area contributed by atoms with Crippen LogP contribution in [-0.2, 0) is 0 Å². The molecule has 0 aliphatic carbocycles. The lowest BCUT2D eigenvalue weighted by atomic mass is 10.2. The van der Waals surface area contributed by atoms with Crippen molar-refractivity contribution in [2.24, 2.45) is 4.99 Å². The third-order valence-electron chi connectivity index (χ3n) is 3.64. The largest absolute Gasteiger partial charge is 0.494 e. The SMILES string of the molecule is COc1ccccc1N=C1SCCCN1C(=O)c1ccccc1Br. The van der Waals surface area contributed by atoms with E-state index in [1.165, 1.54) is 0 Å². The molecular weight excluding hydrogens is 388 g/mol. The predicted molar refractivity (Wildman–Crippen MR) is 102 cm³/mol. The molecule has 24 heavy (non-hydrogen) atoms. The zero-order valence-electron chi connectivity index (χ0n) is 13.2. The summed E-state index contributed by atoms with van der Waals surface area (Å²) in [6, 6.07) is 15.0. The van der Waals surface area contributed by atoms with Crippen molar-refractivity contribution in [3.8, 4) is 5.75 Å². The number of carbonyl (C=O) groups is 1. The lowest BCUT2D eigenvalue weighted by molar-refractivity contribution is 0.0848. The highest BCUT2D eigenvalue weighted by atomic mass is 79.9. The molecule has 0 aromatic heterocycles. The average molecular weight is 405 g/mol. The molecule has 0 unspecified atom stereocenters. The number of thioether (sulfide) groups is 1. The fourth-order valence-corrected chi connectivity index (χ4v) is 3.85. The number of amidine groups is 1. The monoisotopic (exact) mass is 404 g/mol. The van der Waals surface area contributed by atoms with Gasteiger partial charge in [0, 0.05) is 16.8 Å². The summed E-state index contributed by atoms with van der Waals surface area (Å²) in [6.07, 6.45) is 0.950. The first kappa shape index (κ1) is 17.0. The molecule has 124 valence electrons. The van der Waals surface area contributed by atoms with Crippen LogP contribution in [0.4, 0.5) is 5.69 Å². The molecule has 0 saturated carbocycles. The minimum absolute atomic E-state index is 0.0386. The first-order chi connectivity index (χ1) is 11.7. The summed E-state index contributed by atoms with van der Waals surface area (Å²) in [5, 5.41) is 0.714. The molecule has 1 saturated heterocycles. The van der Waals surface area contributed by atoms with Crippen molar-refractivity contribution in [2.75, 3.05) is 19.4 Å². The van der Waals surface area contributed by atoms with E-state index in [1.807, 2.05) is 48.5 Å². The molecule has 2 aromatic rings. The van der Waals surface area contributed by atoms with Crippen molar-refractivity contribution >= 4 is 44.5 Å². The highest BCUT2D eigenvalue weighted by Gasteiger charge is 2.26. The van der Waals surface area contributed by atoms with E-state index < -0.39 is 0 Å². The van der Waals surface area contributed by atoms with Crippen molar-refractivity contribution < 1.29 is 9.53 Å². The summed E-state index contributed by atoms with van der Waals surface area (Å²) in [7, 11) is 1.62. The predicted octanol–water partition coefficient (Wildman–Crippen LogP) is 4.72. The topological polar surface area (TPSA) is 41.9 Å². The number of para-hydroxylation sites is 2. The first-order valence-electron chi connectivity index (χ1n) is 7.61. The Morgan fingerprint density at radius 2 is 1.96 bits per heavy atom. The summed E-state index contributed by atoms with van der Waals surface area (Å²) in [5.74, 6) is 1.61. The molecule has 1 heterocycles. The Morgan fingerprint density at radius 3 is 2.75 bits per heavy atom. The maximum absolute atomic E-state index is 12.9.